The standard InChI is InChI=1S/C42H22Cl4F6N6O4/c43-27-11-9-21(41(47,48)49)15-33(27)55-57-35-23-7-3-1-5-19(23)13-25(37(35)59)39(61)53-31-17-30(46)32(18-29(31)45)54-40(62)26-14-20-6-2-4-8-24(20)36(38(26)60)58-56-34-16-22(42(50,51)52)10-12-28(34)44/h1-18,55-56H,(H,53,61)(H,54,62). The highest BCUT2D eigenvalue weighted by molar-refractivity contribution is 6.60. The third kappa shape index (κ3) is 9.09. The van der Waals surface area contributed by atoms with Crippen LogP contribution in [0.3, 0.4) is 0 Å². The van der Waals surface area contributed by atoms with Gasteiger partial charge in [-0.05, 0) is 71.8 Å². The van der Waals surface area contributed by atoms with Crippen molar-refractivity contribution in [1.29, 1.82) is 0 Å². The summed E-state index contributed by atoms with van der Waals surface area (Å²) in [7, 11) is 0. The molecule has 2 aliphatic rings. The largest absolute Gasteiger partial charge is 0.416 e. The highest BCUT2D eigenvalue weighted by atomic mass is 35.5. The van der Waals surface area contributed by atoms with E-state index in [9.17, 15) is 45.5 Å². The van der Waals surface area contributed by atoms with Crippen molar-refractivity contribution in [3.8, 4) is 0 Å². The number of alkyl halides is 6. The zero-order chi connectivity index (χ0) is 44.7. The summed E-state index contributed by atoms with van der Waals surface area (Å²) in [4.78, 5) is 54.7. The van der Waals surface area contributed by atoms with Gasteiger partial charge in [0.2, 0.25) is 11.6 Å². The van der Waals surface area contributed by atoms with Crippen LogP contribution in [0.2, 0.25) is 20.1 Å². The molecule has 2 aliphatic carbocycles. The van der Waals surface area contributed by atoms with Gasteiger partial charge in [0.15, 0.2) is 0 Å². The number of hydrazone groups is 2. The van der Waals surface area contributed by atoms with Crippen molar-refractivity contribution < 1.29 is 45.5 Å². The number of fused-ring (bicyclic) bond motifs is 2. The van der Waals surface area contributed by atoms with Gasteiger partial charge in [-0.3, -0.25) is 30.0 Å². The summed E-state index contributed by atoms with van der Waals surface area (Å²) < 4.78 is 80.2. The topological polar surface area (TPSA) is 141 Å². The molecule has 62 heavy (non-hydrogen) atoms. The summed E-state index contributed by atoms with van der Waals surface area (Å²) in [6.45, 7) is 0. The molecule has 0 atom stereocenters. The highest BCUT2D eigenvalue weighted by Gasteiger charge is 2.35. The Morgan fingerprint density at radius 3 is 1.23 bits per heavy atom. The lowest BCUT2D eigenvalue weighted by Crippen LogP contribution is -2.31. The van der Waals surface area contributed by atoms with Crippen molar-refractivity contribution in [2.45, 2.75) is 12.4 Å². The monoisotopic (exact) mass is 928 g/mol. The van der Waals surface area contributed by atoms with E-state index < -0.39 is 58.0 Å². The van der Waals surface area contributed by atoms with Crippen LogP contribution in [0.5, 0.6) is 0 Å². The number of carbonyl (C=O) groups is 4. The van der Waals surface area contributed by atoms with E-state index in [0.29, 0.717) is 23.3 Å². The molecule has 2 amide bonds. The van der Waals surface area contributed by atoms with Gasteiger partial charge in [0, 0.05) is 11.1 Å². The van der Waals surface area contributed by atoms with Crippen LogP contribution in [0.15, 0.2) is 118 Å². The van der Waals surface area contributed by atoms with Gasteiger partial charge in [0.05, 0.1) is 65.1 Å². The minimum atomic E-state index is -4.70. The number of benzene rings is 5. The molecule has 0 heterocycles. The van der Waals surface area contributed by atoms with Crippen LogP contribution in [0, 0.1) is 0 Å². The van der Waals surface area contributed by atoms with Crippen molar-refractivity contribution in [2.75, 3.05) is 21.5 Å². The lowest BCUT2D eigenvalue weighted by atomic mass is 9.89. The molecule has 7 rings (SSSR count). The fourth-order valence-corrected chi connectivity index (χ4v) is 6.84. The van der Waals surface area contributed by atoms with Crippen LogP contribution in [0.25, 0.3) is 12.2 Å². The maximum Gasteiger partial charge on any atom is 0.416 e. The number of nitrogens with zero attached hydrogens (tertiary/aromatic N) is 2. The fraction of sp³-hybridized carbons (Fsp3) is 0.0476. The molecule has 5 aromatic carbocycles. The SMILES string of the molecule is O=C(Nc1cc(Cl)c(NC(=O)C2=Cc3ccccc3C(=NNc3cc(C(F)(F)F)ccc3Cl)C2=O)cc1Cl)C1=Cc2ccccc2C(=NNc2cc(C(F)(F)F)ccc2Cl)C1=O. The first-order chi connectivity index (χ1) is 29.3. The van der Waals surface area contributed by atoms with Crippen molar-refractivity contribution in [2.24, 2.45) is 10.2 Å². The number of hydrogen-bond acceptors (Lipinski definition) is 8. The van der Waals surface area contributed by atoms with Gasteiger partial charge in [-0.2, -0.15) is 36.5 Å². The molecule has 5 aromatic rings. The van der Waals surface area contributed by atoms with E-state index in [-0.39, 0.29) is 65.4 Å². The Balaban J connectivity index is 1.11. The fourth-order valence-electron chi connectivity index (χ4n) is 6.10. The molecular weight excluding hydrogens is 908 g/mol. The number of anilines is 4. The maximum atomic E-state index is 13.7. The van der Waals surface area contributed by atoms with Crippen LogP contribution in [-0.2, 0) is 31.5 Å². The number of halogens is 10. The number of carbonyl (C=O) groups excluding carboxylic acids is 4. The number of ketones is 2. The molecule has 0 bridgehead atoms. The maximum absolute atomic E-state index is 13.7. The van der Waals surface area contributed by atoms with E-state index in [0.717, 1.165) is 36.4 Å². The van der Waals surface area contributed by atoms with E-state index in [1.54, 1.807) is 36.4 Å². The lowest BCUT2D eigenvalue weighted by molar-refractivity contribution is -0.138. The lowest BCUT2D eigenvalue weighted by Gasteiger charge is -2.19. The minimum absolute atomic E-state index is 0.116. The molecule has 0 spiro atoms. The molecule has 20 heteroatoms. The zero-order valence-corrected chi connectivity index (χ0v) is 33.7. The summed E-state index contributed by atoms with van der Waals surface area (Å²) in [5.41, 5.74) is 1.75. The molecule has 0 unspecified atom stereocenters. The van der Waals surface area contributed by atoms with Crippen molar-refractivity contribution in [3.05, 3.63) is 162 Å². The molecule has 314 valence electrons. The third-order valence-electron chi connectivity index (χ3n) is 9.16. The molecule has 0 radical (unpaired) electrons. The molecule has 0 fully saturated rings. The summed E-state index contributed by atoms with van der Waals surface area (Å²) in [6, 6.07) is 19.9. The Morgan fingerprint density at radius 2 is 0.855 bits per heavy atom. The second-order valence-corrected chi connectivity index (χ2v) is 14.8. The zero-order valence-electron chi connectivity index (χ0n) is 30.7. The van der Waals surface area contributed by atoms with E-state index >= 15 is 0 Å². The Labute approximate surface area is 365 Å². The number of hydrogen-bond donors (Lipinski definition) is 4. The number of rotatable bonds is 8. The summed E-state index contributed by atoms with van der Waals surface area (Å²) in [5.74, 6) is -3.78. The van der Waals surface area contributed by atoms with Crippen molar-refractivity contribution >= 4 is 116 Å². The van der Waals surface area contributed by atoms with Crippen molar-refractivity contribution in [3.63, 3.8) is 0 Å². The van der Waals surface area contributed by atoms with Gasteiger partial charge >= 0.3 is 12.4 Å². The van der Waals surface area contributed by atoms with Gasteiger partial charge in [-0.1, -0.05) is 94.9 Å². The molecule has 0 saturated carbocycles. The normalized spacial score (nSPS) is 15.1. The van der Waals surface area contributed by atoms with Gasteiger partial charge in [0.25, 0.3) is 11.8 Å². The highest BCUT2D eigenvalue weighted by Crippen LogP contribution is 2.37. The number of Topliss-reactive ketones (excluding diaryl/α,β-unsaturated/α-hetero) is 2. The van der Waals surface area contributed by atoms with Gasteiger partial charge in [-0.15, -0.1) is 0 Å². The van der Waals surface area contributed by atoms with Gasteiger partial charge < -0.3 is 10.6 Å². The minimum Gasteiger partial charge on any atom is -0.320 e. The Morgan fingerprint density at radius 1 is 0.484 bits per heavy atom. The van der Waals surface area contributed by atoms with Gasteiger partial charge in [-0.25, -0.2) is 0 Å². The smallest absolute Gasteiger partial charge is 0.320 e. The average Bonchev–Trinajstić information content (AvgIpc) is 3.21. The average molecular weight is 930 g/mol. The summed E-state index contributed by atoms with van der Waals surface area (Å²) >= 11 is 25.2. The molecule has 0 aromatic heterocycles. The van der Waals surface area contributed by atoms with Crippen LogP contribution in [-0.4, -0.2) is 34.8 Å². The number of nitrogens with one attached hydrogen (secondary N) is 4. The second kappa shape index (κ2) is 17.1. The predicted octanol–water partition coefficient (Wildman–Crippen LogP) is 11.2. The van der Waals surface area contributed by atoms with Crippen LogP contribution in [0.4, 0.5) is 49.1 Å². The molecule has 0 saturated heterocycles. The van der Waals surface area contributed by atoms with E-state index in [1.807, 2.05) is 0 Å². The first-order valence-corrected chi connectivity index (χ1v) is 19.1. The van der Waals surface area contributed by atoms with Gasteiger partial charge in [0.1, 0.15) is 11.4 Å². The van der Waals surface area contributed by atoms with E-state index in [4.69, 9.17) is 46.4 Å². The third-order valence-corrected chi connectivity index (χ3v) is 10.4. The predicted molar refractivity (Wildman–Crippen MR) is 226 cm³/mol. The van der Waals surface area contributed by atoms with Crippen molar-refractivity contribution in [1.82, 2.24) is 0 Å². The summed E-state index contributed by atoms with van der Waals surface area (Å²) in [5, 5.41) is 12.4. The quantitative estimate of drug-likeness (QED) is 0.0694. The Kier molecular flexibility index (Phi) is 12.1. The Hall–Kier alpha value is -6.46. The van der Waals surface area contributed by atoms with Crippen LogP contribution >= 0.6 is 46.4 Å². The Bertz CT molecular complexity index is 2680. The first kappa shape index (κ1) is 43.6. The summed E-state index contributed by atoms with van der Waals surface area (Å²) in [6.07, 6.45) is -6.83. The second-order valence-electron chi connectivity index (χ2n) is 13.2. The molecule has 0 aliphatic heterocycles. The van der Waals surface area contributed by atoms with Crippen LogP contribution < -0.4 is 21.5 Å². The number of amides is 2. The molecular formula is C42H22Cl4F6N6O4. The van der Waals surface area contributed by atoms with Crippen LogP contribution in [0.1, 0.15) is 33.4 Å². The molecule has 10 nitrogen and oxygen atoms in total. The van der Waals surface area contributed by atoms with E-state index in [1.165, 1.54) is 24.3 Å². The van der Waals surface area contributed by atoms with E-state index in [2.05, 4.69) is 31.7 Å². The first-order valence-electron chi connectivity index (χ1n) is 17.5. The molecule has 4 N–H and O–H groups in total.